The molecule has 110 valence electrons. The number of anilines is 2. The second kappa shape index (κ2) is 5.51. The Hall–Kier alpha value is -2.45. The summed E-state index contributed by atoms with van der Waals surface area (Å²) in [6.07, 6.45) is 0. The predicted molar refractivity (Wildman–Crippen MR) is 74.5 cm³/mol. The van der Waals surface area contributed by atoms with E-state index >= 15 is 0 Å². The fourth-order valence-electron chi connectivity index (χ4n) is 1.69. The molecule has 0 fully saturated rings. The van der Waals surface area contributed by atoms with Crippen LogP contribution in [0.25, 0.3) is 0 Å². The first-order valence-electron chi connectivity index (χ1n) is 5.71. The second-order valence-corrected chi connectivity index (χ2v) is 5.72. The number of nitrogens with one attached hydrogen (secondary N) is 1. The van der Waals surface area contributed by atoms with E-state index in [4.69, 9.17) is 10.2 Å². The van der Waals surface area contributed by atoms with E-state index in [0.717, 1.165) is 12.1 Å². The Kier molecular flexibility index (Phi) is 3.92. The van der Waals surface area contributed by atoms with Crippen LogP contribution in [0.2, 0.25) is 0 Å². The van der Waals surface area contributed by atoms with E-state index in [2.05, 4.69) is 5.32 Å². The first-order valence-corrected chi connectivity index (χ1v) is 7.25. The van der Waals surface area contributed by atoms with Gasteiger partial charge in [0.05, 0.1) is 21.8 Å². The van der Waals surface area contributed by atoms with E-state index < -0.39 is 21.8 Å². The Balaban J connectivity index is 2.50. The summed E-state index contributed by atoms with van der Waals surface area (Å²) >= 11 is 0. The minimum absolute atomic E-state index is 0.0556. The summed E-state index contributed by atoms with van der Waals surface area (Å²) in [5, 5.41) is 16.7. The predicted octanol–water partition coefficient (Wildman–Crippen LogP) is 1.91. The van der Waals surface area contributed by atoms with Gasteiger partial charge in [0.1, 0.15) is 5.82 Å². The average Bonchev–Trinajstić information content (AvgIpc) is 2.40. The maximum absolute atomic E-state index is 13.6. The summed E-state index contributed by atoms with van der Waals surface area (Å²) in [7, 11) is -4.02. The molecule has 21 heavy (non-hydrogen) atoms. The lowest BCUT2D eigenvalue weighted by Crippen LogP contribution is -2.14. The van der Waals surface area contributed by atoms with Gasteiger partial charge >= 0.3 is 5.97 Å². The highest BCUT2D eigenvalue weighted by Gasteiger charge is 2.16. The molecule has 0 bridgehead atoms. The molecule has 0 unspecified atom stereocenters. The number of carboxylic acid groups (broad SMARTS) is 1. The number of para-hydroxylation sites is 1. The minimum atomic E-state index is -4.02. The van der Waals surface area contributed by atoms with Gasteiger partial charge in [0, 0.05) is 0 Å². The Morgan fingerprint density at radius 3 is 2.38 bits per heavy atom. The van der Waals surface area contributed by atoms with E-state index in [1.165, 1.54) is 24.3 Å². The van der Waals surface area contributed by atoms with Gasteiger partial charge in [-0.15, -0.1) is 0 Å². The van der Waals surface area contributed by atoms with Crippen LogP contribution in [0.3, 0.4) is 0 Å². The van der Waals surface area contributed by atoms with Gasteiger partial charge in [-0.2, -0.15) is 0 Å². The summed E-state index contributed by atoms with van der Waals surface area (Å²) in [6.45, 7) is 0. The number of nitrogens with two attached hydrogens (primary N) is 1. The largest absolute Gasteiger partial charge is 0.478 e. The Bertz CT molecular complexity index is 806. The van der Waals surface area contributed by atoms with Gasteiger partial charge in [0.25, 0.3) is 0 Å². The molecule has 0 aliphatic carbocycles. The van der Waals surface area contributed by atoms with Crippen LogP contribution in [0, 0.1) is 5.82 Å². The molecule has 6 nitrogen and oxygen atoms in total. The molecule has 0 aromatic heterocycles. The van der Waals surface area contributed by atoms with E-state index in [1.54, 1.807) is 6.07 Å². The SMILES string of the molecule is NS(=O)(=O)c1ccc(Nc2ccccc2F)c(C(=O)O)c1. The summed E-state index contributed by atoms with van der Waals surface area (Å²) in [5.41, 5.74) is -0.201. The fourth-order valence-corrected chi connectivity index (χ4v) is 2.23. The van der Waals surface area contributed by atoms with Crippen LogP contribution in [-0.2, 0) is 10.0 Å². The highest BCUT2D eigenvalue weighted by atomic mass is 32.2. The average molecular weight is 310 g/mol. The Labute approximate surface area is 120 Å². The van der Waals surface area contributed by atoms with Crippen LogP contribution in [0.15, 0.2) is 47.4 Å². The molecule has 0 aliphatic heterocycles. The normalized spacial score (nSPS) is 11.1. The van der Waals surface area contributed by atoms with Gasteiger partial charge in [-0.05, 0) is 30.3 Å². The molecule has 0 amide bonds. The first-order chi connectivity index (χ1) is 9.79. The van der Waals surface area contributed by atoms with E-state index in [-0.39, 0.29) is 21.8 Å². The summed E-state index contributed by atoms with van der Waals surface area (Å²) < 4.78 is 36.0. The van der Waals surface area contributed by atoms with Gasteiger partial charge in [0.2, 0.25) is 10.0 Å². The van der Waals surface area contributed by atoms with Gasteiger partial charge in [-0.1, -0.05) is 12.1 Å². The summed E-state index contributed by atoms with van der Waals surface area (Å²) in [6, 6.07) is 8.98. The number of benzene rings is 2. The lowest BCUT2D eigenvalue weighted by atomic mass is 10.1. The molecule has 2 rings (SSSR count). The molecule has 2 aromatic carbocycles. The number of primary sulfonamides is 1. The molecule has 2 aromatic rings. The molecule has 0 saturated heterocycles. The number of carbonyl (C=O) groups is 1. The van der Waals surface area contributed by atoms with Crippen molar-refractivity contribution in [1.29, 1.82) is 0 Å². The zero-order chi connectivity index (χ0) is 15.6. The summed E-state index contributed by atoms with van der Waals surface area (Å²) in [4.78, 5) is 10.9. The topological polar surface area (TPSA) is 109 Å². The number of rotatable bonds is 4. The molecule has 0 saturated carbocycles. The highest BCUT2D eigenvalue weighted by Crippen LogP contribution is 2.25. The number of carboxylic acids is 1. The molecule has 0 radical (unpaired) electrons. The maximum atomic E-state index is 13.6. The number of halogens is 1. The zero-order valence-electron chi connectivity index (χ0n) is 10.6. The summed E-state index contributed by atoms with van der Waals surface area (Å²) in [5.74, 6) is -1.93. The first kappa shape index (κ1) is 14.9. The molecule has 0 aliphatic rings. The quantitative estimate of drug-likeness (QED) is 0.799. The molecule has 0 atom stereocenters. The molecule has 0 heterocycles. The van der Waals surface area contributed by atoms with Crippen molar-refractivity contribution in [3.05, 3.63) is 53.8 Å². The van der Waals surface area contributed by atoms with Crippen LogP contribution in [-0.4, -0.2) is 19.5 Å². The van der Waals surface area contributed by atoms with Crippen molar-refractivity contribution in [2.45, 2.75) is 4.90 Å². The van der Waals surface area contributed by atoms with Crippen molar-refractivity contribution in [3.63, 3.8) is 0 Å². The smallest absolute Gasteiger partial charge is 0.337 e. The van der Waals surface area contributed by atoms with E-state index in [0.29, 0.717) is 0 Å². The number of hydrogen-bond acceptors (Lipinski definition) is 4. The molecule has 8 heteroatoms. The van der Waals surface area contributed by atoms with Gasteiger partial charge < -0.3 is 10.4 Å². The molecular formula is C13H11FN2O4S. The highest BCUT2D eigenvalue weighted by molar-refractivity contribution is 7.89. The minimum Gasteiger partial charge on any atom is -0.478 e. The van der Waals surface area contributed by atoms with Crippen LogP contribution in [0.1, 0.15) is 10.4 Å². The van der Waals surface area contributed by atoms with Gasteiger partial charge in [-0.25, -0.2) is 22.7 Å². The second-order valence-electron chi connectivity index (χ2n) is 4.16. The third-order valence-electron chi connectivity index (χ3n) is 2.69. The molecule has 4 N–H and O–H groups in total. The fraction of sp³-hybridized carbons (Fsp3) is 0. The van der Waals surface area contributed by atoms with Crippen molar-refractivity contribution in [2.75, 3.05) is 5.32 Å². The van der Waals surface area contributed by atoms with Crippen LogP contribution < -0.4 is 10.5 Å². The van der Waals surface area contributed by atoms with Crippen LogP contribution >= 0.6 is 0 Å². The van der Waals surface area contributed by atoms with Crippen molar-refractivity contribution < 1.29 is 22.7 Å². The van der Waals surface area contributed by atoms with Crippen molar-refractivity contribution >= 4 is 27.4 Å². The monoisotopic (exact) mass is 310 g/mol. The zero-order valence-corrected chi connectivity index (χ0v) is 11.4. The van der Waals surface area contributed by atoms with Crippen LogP contribution in [0.4, 0.5) is 15.8 Å². The van der Waals surface area contributed by atoms with Crippen molar-refractivity contribution in [1.82, 2.24) is 0 Å². The van der Waals surface area contributed by atoms with Gasteiger partial charge in [0.15, 0.2) is 0 Å². The third kappa shape index (κ3) is 3.36. The molecular weight excluding hydrogens is 299 g/mol. The molecule has 0 spiro atoms. The Morgan fingerprint density at radius 1 is 1.14 bits per heavy atom. The maximum Gasteiger partial charge on any atom is 0.337 e. The number of hydrogen-bond donors (Lipinski definition) is 3. The number of aromatic carboxylic acids is 1. The van der Waals surface area contributed by atoms with Crippen molar-refractivity contribution in [3.8, 4) is 0 Å². The lowest BCUT2D eigenvalue weighted by Gasteiger charge is -2.11. The van der Waals surface area contributed by atoms with E-state index in [9.17, 15) is 17.6 Å². The third-order valence-corrected chi connectivity index (χ3v) is 3.60. The standard InChI is InChI=1S/C13H11FN2O4S/c14-10-3-1-2-4-12(10)16-11-6-5-8(21(15,19)20)7-9(11)13(17)18/h1-7,16H,(H,17,18)(H2,15,19,20). The Morgan fingerprint density at radius 2 is 1.81 bits per heavy atom. The number of sulfonamides is 1. The van der Waals surface area contributed by atoms with E-state index in [1.807, 2.05) is 0 Å². The van der Waals surface area contributed by atoms with Crippen molar-refractivity contribution in [2.24, 2.45) is 5.14 Å². The van der Waals surface area contributed by atoms with Crippen LogP contribution in [0.5, 0.6) is 0 Å². The lowest BCUT2D eigenvalue weighted by molar-refractivity contribution is 0.0697. The van der Waals surface area contributed by atoms with Gasteiger partial charge in [-0.3, -0.25) is 0 Å².